The Bertz CT molecular complexity index is 878. The number of aliphatic carboxylic acids is 1. The molecule has 0 saturated heterocycles. The van der Waals surface area contributed by atoms with Crippen LogP contribution >= 0.6 is 0 Å². The predicted molar refractivity (Wildman–Crippen MR) is 133 cm³/mol. The Morgan fingerprint density at radius 3 is 2.27 bits per heavy atom. The second-order valence-electron chi connectivity index (χ2n) is 14.4. The van der Waals surface area contributed by atoms with Crippen molar-refractivity contribution >= 4 is 5.97 Å². The van der Waals surface area contributed by atoms with E-state index in [0.29, 0.717) is 23.7 Å². The number of rotatable bonds is 1. The molecule has 2 N–H and O–H groups in total. The van der Waals surface area contributed by atoms with Crippen molar-refractivity contribution < 1.29 is 15.0 Å². The normalized spacial score (nSPS) is 58.2. The molecule has 33 heavy (non-hydrogen) atoms. The number of fused-ring (bicyclic) bond motifs is 7. The third-order valence-electron chi connectivity index (χ3n) is 13.5. The summed E-state index contributed by atoms with van der Waals surface area (Å²) in [5, 5.41) is 21.1. The zero-order valence-electron chi connectivity index (χ0n) is 22.2. The van der Waals surface area contributed by atoms with E-state index in [1.54, 1.807) is 5.57 Å². The summed E-state index contributed by atoms with van der Waals surface area (Å²) in [4.78, 5) is 12.5. The molecule has 0 aromatic heterocycles. The average molecular weight is 457 g/mol. The highest BCUT2D eigenvalue weighted by molar-refractivity contribution is 5.76. The van der Waals surface area contributed by atoms with Gasteiger partial charge in [-0.15, -0.1) is 0 Å². The first-order valence-corrected chi connectivity index (χ1v) is 13.9. The second-order valence-corrected chi connectivity index (χ2v) is 14.4. The van der Waals surface area contributed by atoms with Crippen LogP contribution in [0.5, 0.6) is 0 Å². The van der Waals surface area contributed by atoms with Crippen molar-refractivity contribution in [3.8, 4) is 0 Å². The molecule has 5 rings (SSSR count). The lowest BCUT2D eigenvalue weighted by molar-refractivity contribution is -0.217. The van der Waals surface area contributed by atoms with Gasteiger partial charge in [-0.05, 0) is 116 Å². The fourth-order valence-corrected chi connectivity index (χ4v) is 10.8. The average Bonchev–Trinajstić information content (AvgIpc) is 2.75. The van der Waals surface area contributed by atoms with Crippen LogP contribution in [0.25, 0.3) is 0 Å². The summed E-state index contributed by atoms with van der Waals surface area (Å²) in [5.41, 5.74) is 1.56. The molecule has 0 aromatic rings. The van der Waals surface area contributed by atoms with E-state index in [0.717, 1.165) is 37.5 Å². The quantitative estimate of drug-likeness (QED) is 0.414. The number of aliphatic hydroxyl groups is 1. The number of hydrogen-bond donors (Lipinski definition) is 2. The molecular formula is C30H48O3. The minimum absolute atomic E-state index is 0.0311. The first kappa shape index (κ1) is 23.9. The predicted octanol–water partition coefficient (Wildman–Crippen LogP) is 7.09. The summed E-state index contributed by atoms with van der Waals surface area (Å²) in [6.45, 7) is 17.0. The molecule has 3 nitrogen and oxygen atoms in total. The lowest BCUT2D eigenvalue weighted by Gasteiger charge is -2.71. The minimum Gasteiger partial charge on any atom is -0.481 e. The lowest BCUT2D eigenvalue weighted by atomic mass is 9.33. The number of hydrogen-bond acceptors (Lipinski definition) is 2. The van der Waals surface area contributed by atoms with E-state index in [4.69, 9.17) is 0 Å². The SMILES string of the molecule is C[C@H]1[C@H](C)CC[C@]2(C)CC[C@]3(C)C(=CC[C@H]4[C@@]5(C)CC[C@H](O)[C@](C)(C(=O)O)[C@@H]5CC[C@]43C)[C@H]12. The lowest BCUT2D eigenvalue weighted by Crippen LogP contribution is -2.66. The van der Waals surface area contributed by atoms with Gasteiger partial charge in [-0.2, -0.15) is 0 Å². The van der Waals surface area contributed by atoms with Crippen LogP contribution in [0.4, 0.5) is 0 Å². The highest BCUT2D eigenvalue weighted by Gasteiger charge is 2.69. The van der Waals surface area contributed by atoms with Crippen molar-refractivity contribution in [2.24, 2.45) is 56.7 Å². The van der Waals surface area contributed by atoms with Crippen molar-refractivity contribution in [2.75, 3.05) is 0 Å². The van der Waals surface area contributed by atoms with Gasteiger partial charge < -0.3 is 10.2 Å². The van der Waals surface area contributed by atoms with Crippen LogP contribution in [0.3, 0.4) is 0 Å². The summed E-state index contributed by atoms with van der Waals surface area (Å²) in [5.74, 6) is 1.96. The summed E-state index contributed by atoms with van der Waals surface area (Å²) >= 11 is 0. The Morgan fingerprint density at radius 1 is 0.909 bits per heavy atom. The first-order chi connectivity index (χ1) is 15.3. The minimum atomic E-state index is -1.03. The first-order valence-electron chi connectivity index (χ1n) is 13.9. The second kappa shape index (κ2) is 7.11. The molecule has 0 radical (unpaired) electrons. The molecule has 5 aliphatic carbocycles. The molecule has 3 heteroatoms. The standard InChI is InChI=1S/C30H48O3/c1-18-10-13-26(3)16-17-28(5)20(24(26)19(18)2)8-9-21-27(4)14-12-23(31)30(7,25(32)33)22(27)11-15-29(21,28)6/h8,18-19,21-24,31H,9-17H2,1-7H3,(H,32,33)/t18-,19+,21+,22-,23+,24+,26-,27-,28-,29-,30-/m1/s1. The van der Waals surface area contributed by atoms with Crippen molar-refractivity contribution in [1.29, 1.82) is 0 Å². The van der Waals surface area contributed by atoms with Crippen LogP contribution in [0.1, 0.15) is 106 Å². The maximum atomic E-state index is 12.5. The van der Waals surface area contributed by atoms with Crippen LogP contribution in [0.15, 0.2) is 11.6 Å². The molecule has 0 amide bonds. The van der Waals surface area contributed by atoms with Gasteiger partial charge in [0.1, 0.15) is 0 Å². The fourth-order valence-electron chi connectivity index (χ4n) is 10.8. The smallest absolute Gasteiger partial charge is 0.312 e. The zero-order valence-corrected chi connectivity index (χ0v) is 22.2. The van der Waals surface area contributed by atoms with Crippen LogP contribution in [0.2, 0.25) is 0 Å². The van der Waals surface area contributed by atoms with Crippen LogP contribution in [0, 0.1) is 56.7 Å². The van der Waals surface area contributed by atoms with E-state index in [-0.39, 0.29) is 22.2 Å². The summed E-state index contributed by atoms with van der Waals surface area (Å²) in [6, 6.07) is 0. The Hall–Kier alpha value is -0.830. The Morgan fingerprint density at radius 2 is 1.61 bits per heavy atom. The van der Waals surface area contributed by atoms with E-state index in [1.165, 1.54) is 25.7 Å². The molecule has 0 bridgehead atoms. The number of carboxylic acids is 1. The van der Waals surface area contributed by atoms with Gasteiger partial charge in [0.05, 0.1) is 11.5 Å². The molecule has 0 aromatic carbocycles. The largest absolute Gasteiger partial charge is 0.481 e. The Kier molecular flexibility index (Phi) is 5.15. The summed E-state index contributed by atoms with van der Waals surface area (Å²) < 4.78 is 0. The van der Waals surface area contributed by atoms with E-state index < -0.39 is 17.5 Å². The molecule has 5 aliphatic rings. The fraction of sp³-hybridized carbons (Fsp3) is 0.900. The van der Waals surface area contributed by atoms with E-state index in [2.05, 4.69) is 47.6 Å². The number of carbonyl (C=O) groups is 1. The van der Waals surface area contributed by atoms with Gasteiger partial charge in [0.2, 0.25) is 0 Å². The highest BCUT2D eigenvalue weighted by atomic mass is 16.4. The molecule has 0 unspecified atom stereocenters. The number of carboxylic acid groups (broad SMARTS) is 1. The van der Waals surface area contributed by atoms with E-state index in [9.17, 15) is 15.0 Å². The van der Waals surface area contributed by atoms with Gasteiger partial charge in [-0.25, -0.2) is 0 Å². The summed E-state index contributed by atoms with van der Waals surface area (Å²) in [7, 11) is 0. The maximum Gasteiger partial charge on any atom is 0.312 e. The van der Waals surface area contributed by atoms with Gasteiger partial charge in [-0.1, -0.05) is 53.2 Å². The van der Waals surface area contributed by atoms with Crippen molar-refractivity contribution in [1.82, 2.24) is 0 Å². The Labute approximate surface area is 201 Å². The third kappa shape index (κ3) is 2.75. The molecule has 0 aliphatic heterocycles. The molecule has 186 valence electrons. The molecule has 0 spiro atoms. The zero-order chi connectivity index (χ0) is 24.2. The maximum absolute atomic E-state index is 12.5. The molecule has 11 atom stereocenters. The molecule has 4 saturated carbocycles. The van der Waals surface area contributed by atoms with Gasteiger partial charge >= 0.3 is 5.97 Å². The molecule has 4 fully saturated rings. The van der Waals surface area contributed by atoms with E-state index in [1.807, 2.05) is 6.92 Å². The summed E-state index contributed by atoms with van der Waals surface area (Å²) in [6.07, 6.45) is 12.0. The third-order valence-corrected chi connectivity index (χ3v) is 13.5. The van der Waals surface area contributed by atoms with Crippen molar-refractivity contribution in [3.05, 3.63) is 11.6 Å². The highest BCUT2D eigenvalue weighted by Crippen LogP contribution is 2.75. The number of allylic oxidation sites excluding steroid dienone is 2. The molecule has 0 heterocycles. The van der Waals surface area contributed by atoms with Gasteiger partial charge in [0.15, 0.2) is 0 Å². The Balaban J connectivity index is 1.60. The van der Waals surface area contributed by atoms with E-state index >= 15 is 0 Å². The van der Waals surface area contributed by atoms with Gasteiger partial charge in [-0.3, -0.25) is 4.79 Å². The topological polar surface area (TPSA) is 57.5 Å². The monoisotopic (exact) mass is 456 g/mol. The van der Waals surface area contributed by atoms with Gasteiger partial charge in [0.25, 0.3) is 0 Å². The van der Waals surface area contributed by atoms with Crippen molar-refractivity contribution in [3.63, 3.8) is 0 Å². The van der Waals surface area contributed by atoms with Gasteiger partial charge in [0, 0.05) is 0 Å². The van der Waals surface area contributed by atoms with Crippen LogP contribution in [-0.4, -0.2) is 22.3 Å². The van der Waals surface area contributed by atoms with Crippen LogP contribution < -0.4 is 0 Å². The van der Waals surface area contributed by atoms with Crippen LogP contribution in [-0.2, 0) is 4.79 Å². The van der Waals surface area contributed by atoms with Crippen molar-refractivity contribution in [2.45, 2.75) is 112 Å². The number of aliphatic hydroxyl groups excluding tert-OH is 1. The molecular weight excluding hydrogens is 408 g/mol.